The van der Waals surface area contributed by atoms with E-state index >= 15 is 0 Å². The van der Waals surface area contributed by atoms with Crippen LogP contribution in [0, 0.1) is 0 Å². The van der Waals surface area contributed by atoms with Gasteiger partial charge in [0, 0.05) is 17.8 Å². The Hall–Kier alpha value is -2.19. The van der Waals surface area contributed by atoms with Gasteiger partial charge in [-0.1, -0.05) is 5.16 Å². The number of aromatic nitrogens is 5. The second kappa shape index (κ2) is 5.22. The van der Waals surface area contributed by atoms with Gasteiger partial charge in [-0.3, -0.25) is 9.97 Å². The maximum absolute atomic E-state index is 6.20. The summed E-state index contributed by atoms with van der Waals surface area (Å²) in [5.74, 6) is 1.15. The Bertz CT molecular complexity index is 779. The van der Waals surface area contributed by atoms with Gasteiger partial charge < -0.3 is 10.3 Å². The second-order valence-electron chi connectivity index (χ2n) is 5.43. The third-order valence-corrected chi connectivity index (χ3v) is 4.74. The van der Waals surface area contributed by atoms with Crippen molar-refractivity contribution in [3.8, 4) is 10.7 Å². The highest BCUT2D eigenvalue weighted by molar-refractivity contribution is 7.13. The lowest BCUT2D eigenvalue weighted by Crippen LogP contribution is -2.44. The summed E-state index contributed by atoms with van der Waals surface area (Å²) in [5.41, 5.74) is 7.44. The highest BCUT2D eigenvalue weighted by Gasteiger charge is 2.38. The SMILES string of the molecule is NC1(c2noc(Cc3csc(-c4cnccn4)n3)n2)CCC1. The zero-order valence-corrected chi connectivity index (χ0v) is 12.6. The Labute approximate surface area is 130 Å². The lowest BCUT2D eigenvalue weighted by atomic mass is 9.77. The first-order chi connectivity index (χ1) is 10.7. The zero-order chi connectivity index (χ0) is 15.0. The number of thiazole rings is 1. The lowest BCUT2D eigenvalue weighted by molar-refractivity contribution is 0.229. The average Bonchev–Trinajstić information content (AvgIpc) is 3.16. The molecule has 4 rings (SSSR count). The molecule has 22 heavy (non-hydrogen) atoms. The monoisotopic (exact) mass is 314 g/mol. The molecule has 3 heterocycles. The van der Waals surface area contributed by atoms with E-state index in [1.165, 1.54) is 11.3 Å². The van der Waals surface area contributed by atoms with Crippen molar-refractivity contribution < 1.29 is 4.52 Å². The van der Waals surface area contributed by atoms with Crippen LogP contribution < -0.4 is 5.73 Å². The minimum absolute atomic E-state index is 0.394. The fourth-order valence-corrected chi connectivity index (χ4v) is 3.16. The molecule has 112 valence electrons. The van der Waals surface area contributed by atoms with Crippen LogP contribution in [0.1, 0.15) is 36.7 Å². The topological polar surface area (TPSA) is 104 Å². The van der Waals surface area contributed by atoms with E-state index in [1.807, 2.05) is 5.38 Å². The Morgan fingerprint density at radius 1 is 1.27 bits per heavy atom. The van der Waals surface area contributed by atoms with E-state index in [1.54, 1.807) is 18.6 Å². The van der Waals surface area contributed by atoms with Crippen LogP contribution in [0.15, 0.2) is 28.5 Å². The standard InChI is InChI=1S/C14H14N6OS/c15-14(2-1-3-14)13-19-11(21-20-13)6-9-8-22-12(18-9)10-7-16-4-5-17-10/h4-5,7-8H,1-3,6,15H2. The van der Waals surface area contributed by atoms with E-state index in [9.17, 15) is 0 Å². The molecule has 0 spiro atoms. The summed E-state index contributed by atoms with van der Waals surface area (Å²) in [6, 6.07) is 0. The molecule has 2 N–H and O–H groups in total. The number of rotatable bonds is 4. The molecule has 1 aliphatic carbocycles. The molecule has 0 amide bonds. The lowest BCUT2D eigenvalue weighted by Gasteiger charge is -2.34. The Morgan fingerprint density at radius 2 is 2.18 bits per heavy atom. The van der Waals surface area contributed by atoms with Gasteiger partial charge in [0.1, 0.15) is 10.7 Å². The molecule has 3 aromatic rings. The molecule has 1 aliphatic rings. The molecule has 3 aromatic heterocycles. The molecule has 0 aliphatic heterocycles. The Balaban J connectivity index is 1.51. The van der Waals surface area contributed by atoms with Crippen molar-refractivity contribution in [1.29, 1.82) is 0 Å². The van der Waals surface area contributed by atoms with Crippen LogP contribution in [0.2, 0.25) is 0 Å². The van der Waals surface area contributed by atoms with Gasteiger partial charge in [0.15, 0.2) is 5.82 Å². The van der Waals surface area contributed by atoms with Crippen LogP contribution in [0.25, 0.3) is 10.7 Å². The first kappa shape index (κ1) is 13.5. The van der Waals surface area contributed by atoms with Crippen molar-refractivity contribution in [2.75, 3.05) is 0 Å². The molecule has 8 heteroatoms. The van der Waals surface area contributed by atoms with Crippen LogP contribution in [0.5, 0.6) is 0 Å². The van der Waals surface area contributed by atoms with E-state index in [-0.39, 0.29) is 0 Å². The maximum atomic E-state index is 6.20. The third kappa shape index (κ3) is 2.40. The number of hydrogen-bond donors (Lipinski definition) is 1. The summed E-state index contributed by atoms with van der Waals surface area (Å²) in [4.78, 5) is 17.2. The first-order valence-electron chi connectivity index (χ1n) is 7.06. The molecule has 1 fully saturated rings. The summed E-state index contributed by atoms with van der Waals surface area (Å²) < 4.78 is 5.30. The minimum atomic E-state index is -0.394. The second-order valence-corrected chi connectivity index (χ2v) is 6.29. The normalized spacial score (nSPS) is 16.4. The van der Waals surface area contributed by atoms with Crippen molar-refractivity contribution in [1.82, 2.24) is 25.1 Å². The predicted octanol–water partition coefficient (Wildman–Crippen LogP) is 1.91. The summed E-state index contributed by atoms with van der Waals surface area (Å²) in [5, 5.41) is 6.81. The van der Waals surface area contributed by atoms with Crippen LogP contribution >= 0.6 is 11.3 Å². The summed E-state index contributed by atoms with van der Waals surface area (Å²) >= 11 is 1.52. The highest BCUT2D eigenvalue weighted by Crippen LogP contribution is 2.37. The van der Waals surface area contributed by atoms with Gasteiger partial charge in [-0.25, -0.2) is 4.98 Å². The van der Waals surface area contributed by atoms with E-state index in [0.717, 1.165) is 35.7 Å². The van der Waals surface area contributed by atoms with Crippen molar-refractivity contribution in [3.63, 3.8) is 0 Å². The van der Waals surface area contributed by atoms with Crippen molar-refractivity contribution >= 4 is 11.3 Å². The third-order valence-electron chi connectivity index (χ3n) is 3.83. The van der Waals surface area contributed by atoms with Crippen LogP contribution in [-0.2, 0) is 12.0 Å². The number of nitrogens with two attached hydrogens (primary N) is 1. The quantitative estimate of drug-likeness (QED) is 0.784. The largest absolute Gasteiger partial charge is 0.339 e. The number of nitrogens with zero attached hydrogens (tertiary/aromatic N) is 5. The van der Waals surface area contributed by atoms with E-state index in [0.29, 0.717) is 18.1 Å². The first-order valence-corrected chi connectivity index (χ1v) is 7.94. The van der Waals surface area contributed by atoms with Gasteiger partial charge in [-0.05, 0) is 19.3 Å². The van der Waals surface area contributed by atoms with E-state index < -0.39 is 5.54 Å². The number of hydrogen-bond acceptors (Lipinski definition) is 8. The summed E-state index contributed by atoms with van der Waals surface area (Å²) in [6.07, 6.45) is 8.44. The fraction of sp³-hybridized carbons (Fsp3) is 0.357. The highest BCUT2D eigenvalue weighted by atomic mass is 32.1. The molecule has 0 atom stereocenters. The molecule has 1 saturated carbocycles. The fourth-order valence-electron chi connectivity index (χ4n) is 2.38. The average molecular weight is 314 g/mol. The molecule has 0 saturated heterocycles. The van der Waals surface area contributed by atoms with Crippen LogP contribution in [0.4, 0.5) is 0 Å². The van der Waals surface area contributed by atoms with E-state index in [2.05, 4.69) is 25.1 Å². The predicted molar refractivity (Wildman–Crippen MR) is 80.0 cm³/mol. The molecule has 0 unspecified atom stereocenters. The van der Waals surface area contributed by atoms with Gasteiger partial charge in [0.05, 0.1) is 23.9 Å². The molecule has 0 radical (unpaired) electrons. The molecule has 0 bridgehead atoms. The van der Waals surface area contributed by atoms with Crippen molar-refractivity contribution in [2.24, 2.45) is 5.73 Å². The van der Waals surface area contributed by atoms with Crippen molar-refractivity contribution in [2.45, 2.75) is 31.2 Å². The Morgan fingerprint density at radius 3 is 2.91 bits per heavy atom. The minimum Gasteiger partial charge on any atom is -0.339 e. The molecule has 7 nitrogen and oxygen atoms in total. The molecule has 0 aromatic carbocycles. The van der Waals surface area contributed by atoms with Gasteiger partial charge in [-0.15, -0.1) is 11.3 Å². The zero-order valence-electron chi connectivity index (χ0n) is 11.8. The van der Waals surface area contributed by atoms with Gasteiger partial charge in [-0.2, -0.15) is 4.98 Å². The summed E-state index contributed by atoms with van der Waals surface area (Å²) in [7, 11) is 0. The summed E-state index contributed by atoms with van der Waals surface area (Å²) in [6.45, 7) is 0. The van der Waals surface area contributed by atoms with Gasteiger partial charge in [0.2, 0.25) is 5.89 Å². The van der Waals surface area contributed by atoms with Gasteiger partial charge >= 0.3 is 0 Å². The van der Waals surface area contributed by atoms with Crippen LogP contribution in [-0.4, -0.2) is 25.1 Å². The molecular formula is C14H14N6OS. The van der Waals surface area contributed by atoms with Crippen LogP contribution in [0.3, 0.4) is 0 Å². The van der Waals surface area contributed by atoms with Crippen molar-refractivity contribution in [3.05, 3.63) is 41.4 Å². The maximum Gasteiger partial charge on any atom is 0.232 e. The van der Waals surface area contributed by atoms with Gasteiger partial charge in [0.25, 0.3) is 0 Å². The smallest absolute Gasteiger partial charge is 0.232 e. The van der Waals surface area contributed by atoms with E-state index in [4.69, 9.17) is 10.3 Å². The molecular weight excluding hydrogens is 300 g/mol. The Kier molecular flexibility index (Phi) is 3.20.